The van der Waals surface area contributed by atoms with Gasteiger partial charge in [0.05, 0.1) is 58.6 Å². The van der Waals surface area contributed by atoms with E-state index in [2.05, 4.69) is 38.5 Å². The molecule has 10 aromatic rings. The van der Waals surface area contributed by atoms with E-state index >= 15 is 13.2 Å². The first-order chi connectivity index (χ1) is 30.6. The molecule has 2 aromatic heterocycles. The fourth-order valence-corrected chi connectivity index (χ4v) is 8.85. The maximum Gasteiger partial charge on any atom is 0.418 e. The first-order valence-electron chi connectivity index (χ1n) is 19.8. The SMILES string of the molecule is [C-]#[N+]c1ccc(-c2ccc3c(c2)c2ccccc2n3-c2cc(-c3ccc(C)c(-n4c5ccccc5c5cc(-c6ccc(C#N)cc6[N+]#[C-])ccc54)c3)ccc2C(F)(F)F)c(C#N)c1. The molecule has 63 heavy (non-hydrogen) atoms. The Morgan fingerprint density at radius 2 is 1.06 bits per heavy atom. The Bertz CT molecular complexity index is 3750. The smallest absolute Gasteiger partial charge is 0.309 e. The lowest BCUT2D eigenvalue weighted by Crippen LogP contribution is -2.11. The van der Waals surface area contributed by atoms with E-state index in [1.165, 1.54) is 12.1 Å². The van der Waals surface area contributed by atoms with Gasteiger partial charge < -0.3 is 9.13 Å². The monoisotopic (exact) mass is 818 g/mol. The third-order valence-corrected chi connectivity index (χ3v) is 11.8. The van der Waals surface area contributed by atoms with Gasteiger partial charge >= 0.3 is 6.18 Å². The van der Waals surface area contributed by atoms with E-state index in [1.807, 2.05) is 85.8 Å². The van der Waals surface area contributed by atoms with Gasteiger partial charge in [-0.15, -0.1) is 0 Å². The highest BCUT2D eigenvalue weighted by molar-refractivity contribution is 6.12. The van der Waals surface area contributed by atoms with Gasteiger partial charge in [0.25, 0.3) is 0 Å². The van der Waals surface area contributed by atoms with Crippen molar-refractivity contribution in [3.63, 3.8) is 0 Å². The zero-order valence-electron chi connectivity index (χ0n) is 33.3. The van der Waals surface area contributed by atoms with Crippen LogP contribution >= 0.6 is 0 Å². The Hall–Kier alpha value is -8.89. The van der Waals surface area contributed by atoms with Crippen molar-refractivity contribution < 1.29 is 13.2 Å². The van der Waals surface area contributed by atoms with Crippen LogP contribution in [0.1, 0.15) is 22.3 Å². The number of benzene rings is 8. The lowest BCUT2D eigenvalue weighted by molar-refractivity contribution is -0.137. The first kappa shape index (κ1) is 38.3. The molecule has 0 aliphatic rings. The number of hydrogen-bond donors (Lipinski definition) is 0. The Labute approximate surface area is 359 Å². The molecule has 0 saturated heterocycles. The number of aryl methyl sites for hydroxylation is 1. The summed E-state index contributed by atoms with van der Waals surface area (Å²) in [4.78, 5) is 7.16. The molecular formula is C54H29F3N6. The topological polar surface area (TPSA) is 66.2 Å². The minimum atomic E-state index is -4.68. The van der Waals surface area contributed by atoms with E-state index < -0.39 is 11.7 Å². The van der Waals surface area contributed by atoms with Gasteiger partial charge in [0.15, 0.2) is 11.4 Å². The number of aromatic nitrogens is 2. The van der Waals surface area contributed by atoms with Crippen LogP contribution < -0.4 is 0 Å². The van der Waals surface area contributed by atoms with E-state index in [0.29, 0.717) is 50.2 Å². The molecular weight excluding hydrogens is 790 g/mol. The van der Waals surface area contributed by atoms with Gasteiger partial charge in [0.2, 0.25) is 0 Å². The second-order valence-corrected chi connectivity index (χ2v) is 15.3. The number of nitrogens with zero attached hydrogens (tertiary/aromatic N) is 6. The molecule has 8 aromatic carbocycles. The lowest BCUT2D eigenvalue weighted by Gasteiger charge is -2.18. The second-order valence-electron chi connectivity index (χ2n) is 15.3. The quantitative estimate of drug-likeness (QED) is 0.162. The van der Waals surface area contributed by atoms with Crippen LogP contribution in [0.2, 0.25) is 0 Å². The van der Waals surface area contributed by atoms with Crippen molar-refractivity contribution in [3.8, 4) is 56.9 Å². The minimum Gasteiger partial charge on any atom is -0.309 e. The highest BCUT2D eigenvalue weighted by Crippen LogP contribution is 2.43. The third kappa shape index (κ3) is 6.24. The summed E-state index contributed by atoms with van der Waals surface area (Å²) in [6.07, 6.45) is -4.68. The average molecular weight is 819 g/mol. The van der Waals surface area contributed by atoms with E-state index in [-0.39, 0.29) is 5.69 Å². The van der Waals surface area contributed by atoms with Crippen LogP contribution in [0.15, 0.2) is 158 Å². The zero-order valence-corrected chi connectivity index (χ0v) is 33.3. The van der Waals surface area contributed by atoms with Crippen molar-refractivity contribution in [2.45, 2.75) is 13.1 Å². The number of hydrogen-bond acceptors (Lipinski definition) is 2. The molecule has 0 aliphatic heterocycles. The number of alkyl halides is 3. The Morgan fingerprint density at radius 3 is 1.67 bits per heavy atom. The van der Waals surface area contributed by atoms with Crippen molar-refractivity contribution >= 4 is 55.0 Å². The van der Waals surface area contributed by atoms with E-state index in [1.54, 1.807) is 53.1 Å². The molecule has 9 heteroatoms. The largest absolute Gasteiger partial charge is 0.418 e. The summed E-state index contributed by atoms with van der Waals surface area (Å²) in [5.74, 6) is 0. The molecule has 296 valence electrons. The summed E-state index contributed by atoms with van der Waals surface area (Å²) < 4.78 is 49.2. The second kappa shape index (κ2) is 14.7. The predicted molar refractivity (Wildman–Crippen MR) is 243 cm³/mol. The van der Waals surface area contributed by atoms with Gasteiger partial charge in [-0.3, -0.25) is 0 Å². The summed E-state index contributed by atoms with van der Waals surface area (Å²) >= 11 is 0. The Balaban J connectivity index is 1.15. The fraction of sp³-hybridized carbons (Fsp3) is 0.0370. The lowest BCUT2D eigenvalue weighted by atomic mass is 9.98. The molecule has 0 radical (unpaired) electrons. The van der Waals surface area contributed by atoms with Gasteiger partial charge in [-0.05, 0) is 119 Å². The highest BCUT2D eigenvalue weighted by Gasteiger charge is 2.35. The van der Waals surface area contributed by atoms with Gasteiger partial charge in [-0.25, -0.2) is 9.69 Å². The van der Waals surface area contributed by atoms with Crippen molar-refractivity contribution in [1.82, 2.24) is 9.13 Å². The molecule has 0 fully saturated rings. The maximum absolute atomic E-state index is 15.1. The van der Waals surface area contributed by atoms with E-state index in [9.17, 15) is 10.5 Å². The molecule has 6 nitrogen and oxygen atoms in total. The number of rotatable bonds is 5. The fourth-order valence-electron chi connectivity index (χ4n) is 8.85. The van der Waals surface area contributed by atoms with Crippen LogP contribution in [0.25, 0.3) is 98.1 Å². The summed E-state index contributed by atoms with van der Waals surface area (Å²) in [5, 5.41) is 22.8. The molecule has 0 aliphatic carbocycles. The van der Waals surface area contributed by atoms with Crippen molar-refractivity contribution in [2.75, 3.05) is 0 Å². The van der Waals surface area contributed by atoms with E-state index in [4.69, 9.17) is 13.1 Å². The van der Waals surface area contributed by atoms with Crippen LogP contribution in [-0.4, -0.2) is 9.13 Å². The first-order valence-corrected chi connectivity index (χ1v) is 19.8. The average Bonchev–Trinajstić information content (AvgIpc) is 3.82. The Kier molecular flexibility index (Phi) is 8.93. The van der Waals surface area contributed by atoms with Crippen LogP contribution in [-0.2, 0) is 6.18 Å². The van der Waals surface area contributed by atoms with Gasteiger partial charge in [-0.2, -0.15) is 23.7 Å². The molecule has 2 heterocycles. The maximum atomic E-state index is 15.1. The van der Waals surface area contributed by atoms with Crippen molar-refractivity contribution in [2.24, 2.45) is 0 Å². The molecule has 0 bridgehead atoms. The van der Waals surface area contributed by atoms with Crippen molar-refractivity contribution in [1.29, 1.82) is 10.5 Å². The van der Waals surface area contributed by atoms with Crippen molar-refractivity contribution in [3.05, 3.63) is 203 Å². The van der Waals surface area contributed by atoms with Crippen LogP contribution in [0.5, 0.6) is 0 Å². The number of nitriles is 2. The summed E-state index contributed by atoms with van der Waals surface area (Å²) in [5.41, 5.74) is 9.73. The standard InChI is InChI=1S/C54H29F3N6/c1-32-12-14-34(28-52(32)62-48-10-6-4-8-42(48)45-27-37(17-23-50(45)62)41-19-13-33(30-58)24-47(41)61-3)35-15-21-46(54(55,56)57)53(29-35)63-49-11-7-5-9-43(49)44-26-36(16-22-51(44)63)40-20-18-39(60-2)25-38(40)31-59/h4-29H,1H3. The van der Waals surface area contributed by atoms with Gasteiger partial charge in [0, 0.05) is 38.4 Å². The summed E-state index contributed by atoms with van der Waals surface area (Å²) in [6, 6.07) is 51.5. The molecule has 0 atom stereocenters. The van der Waals surface area contributed by atoms with Gasteiger partial charge in [-0.1, -0.05) is 84.9 Å². The predicted octanol–water partition coefficient (Wildman–Crippen LogP) is 15.1. The van der Waals surface area contributed by atoms with Gasteiger partial charge in [0.1, 0.15) is 0 Å². The minimum absolute atomic E-state index is 0.0221. The summed E-state index contributed by atoms with van der Waals surface area (Å²) in [7, 11) is 0. The molecule has 0 saturated carbocycles. The normalized spacial score (nSPS) is 11.4. The van der Waals surface area contributed by atoms with Crippen LogP contribution in [0.4, 0.5) is 24.5 Å². The number of fused-ring (bicyclic) bond motifs is 6. The number of para-hydroxylation sites is 2. The third-order valence-electron chi connectivity index (χ3n) is 11.8. The Morgan fingerprint density at radius 1 is 0.508 bits per heavy atom. The molecule has 10 rings (SSSR count). The van der Waals surface area contributed by atoms with Crippen LogP contribution in [0.3, 0.4) is 0 Å². The molecule has 0 N–H and O–H groups in total. The van der Waals surface area contributed by atoms with Crippen LogP contribution in [0, 0.1) is 42.7 Å². The molecule has 0 spiro atoms. The molecule has 0 amide bonds. The zero-order chi connectivity index (χ0) is 43.6. The van der Waals surface area contributed by atoms with E-state index in [0.717, 1.165) is 66.6 Å². The number of halogens is 3. The highest BCUT2D eigenvalue weighted by atomic mass is 19.4. The summed E-state index contributed by atoms with van der Waals surface area (Å²) in [6.45, 7) is 17.2. The molecule has 0 unspecified atom stereocenters.